The molecule has 4 aromatic rings. The molecule has 0 unspecified atom stereocenters. The van der Waals surface area contributed by atoms with Crippen molar-refractivity contribution in [3.63, 3.8) is 0 Å². The fourth-order valence-electron chi connectivity index (χ4n) is 2.70. The molecule has 0 aliphatic rings. The summed E-state index contributed by atoms with van der Waals surface area (Å²) in [5, 5.41) is 3.09. The summed E-state index contributed by atoms with van der Waals surface area (Å²) in [7, 11) is 0. The minimum atomic E-state index is -0.958. The van der Waals surface area contributed by atoms with Crippen molar-refractivity contribution in [1.82, 2.24) is 19.9 Å². The number of nitrogens with zero attached hydrogens (tertiary/aromatic N) is 4. The molecule has 30 heavy (non-hydrogen) atoms. The summed E-state index contributed by atoms with van der Waals surface area (Å²) in [5.74, 6) is -2.39. The minimum Gasteiger partial charge on any atom is -0.384 e. The van der Waals surface area contributed by atoms with Crippen LogP contribution in [0.1, 0.15) is 15.2 Å². The fourth-order valence-corrected chi connectivity index (χ4v) is 3.61. The van der Waals surface area contributed by atoms with E-state index in [1.807, 2.05) is 13.0 Å². The van der Waals surface area contributed by atoms with E-state index in [9.17, 15) is 13.6 Å². The van der Waals surface area contributed by atoms with E-state index < -0.39 is 23.1 Å². The molecule has 0 aliphatic carbocycles. The van der Waals surface area contributed by atoms with Crippen LogP contribution in [0.4, 0.5) is 20.4 Å². The number of nitrogens with one attached hydrogen (secondary N) is 1. The number of pyridine rings is 1. The smallest absolute Gasteiger partial charge is 0.262 e. The molecule has 3 N–H and O–H groups in total. The Bertz CT molecular complexity index is 1210. The van der Waals surface area contributed by atoms with Crippen LogP contribution in [0, 0.1) is 18.6 Å². The normalized spacial score (nSPS) is 10.8. The summed E-state index contributed by atoms with van der Waals surface area (Å²) in [5.41, 5.74) is 6.89. The molecule has 4 rings (SSSR count). The third-order valence-corrected chi connectivity index (χ3v) is 5.18. The Balaban J connectivity index is 1.55. The summed E-state index contributed by atoms with van der Waals surface area (Å²) < 4.78 is 27.5. The maximum atomic E-state index is 13.7. The monoisotopic (exact) mass is 424 g/mol. The Morgan fingerprint density at radius 3 is 2.43 bits per heavy atom. The number of hydrogen-bond donors (Lipinski definition) is 2. The number of aryl methyl sites for hydroxylation is 1. The lowest BCUT2D eigenvalue weighted by Crippen LogP contribution is -2.16. The third-order valence-electron chi connectivity index (χ3n) is 4.16. The van der Waals surface area contributed by atoms with Gasteiger partial charge in [0.1, 0.15) is 39.4 Å². The Morgan fingerprint density at radius 2 is 1.80 bits per heavy atom. The standard InChI is InChI=1S/C20H14F2N6OS/c1-10-18(28-20(30-10)11-5-6-15(23)25-7-11)14-8-26-16(9-24-14)27-19(29)17-12(21)3-2-4-13(17)22/h2-9H,1H3,(H2,23,25)(H,26,27,29). The molecule has 1 aromatic carbocycles. The van der Waals surface area contributed by atoms with E-state index in [2.05, 4.69) is 25.3 Å². The molecule has 0 atom stereocenters. The summed E-state index contributed by atoms with van der Waals surface area (Å²) in [6.45, 7) is 1.90. The Kier molecular flexibility index (Phi) is 5.15. The quantitative estimate of drug-likeness (QED) is 0.511. The van der Waals surface area contributed by atoms with Gasteiger partial charge in [0.05, 0.1) is 12.4 Å². The lowest BCUT2D eigenvalue weighted by molar-refractivity contribution is 0.101. The van der Waals surface area contributed by atoms with Crippen LogP contribution in [-0.4, -0.2) is 25.8 Å². The molecule has 10 heteroatoms. The van der Waals surface area contributed by atoms with Crippen LogP contribution in [0.2, 0.25) is 0 Å². The van der Waals surface area contributed by atoms with Gasteiger partial charge >= 0.3 is 0 Å². The van der Waals surface area contributed by atoms with Crippen molar-refractivity contribution in [2.24, 2.45) is 0 Å². The average molecular weight is 424 g/mol. The summed E-state index contributed by atoms with van der Waals surface area (Å²) in [6.07, 6.45) is 4.37. The van der Waals surface area contributed by atoms with Crippen LogP contribution in [0.3, 0.4) is 0 Å². The summed E-state index contributed by atoms with van der Waals surface area (Å²) in [4.78, 5) is 30.1. The van der Waals surface area contributed by atoms with E-state index in [0.29, 0.717) is 17.2 Å². The molecule has 3 aromatic heterocycles. The number of anilines is 2. The predicted octanol–water partition coefficient (Wildman–Crippen LogP) is 4.08. The summed E-state index contributed by atoms with van der Waals surface area (Å²) in [6, 6.07) is 6.72. The zero-order chi connectivity index (χ0) is 21.3. The average Bonchev–Trinajstić information content (AvgIpc) is 3.10. The molecule has 0 saturated carbocycles. The van der Waals surface area contributed by atoms with Gasteiger partial charge in [-0.3, -0.25) is 4.79 Å². The van der Waals surface area contributed by atoms with E-state index in [-0.39, 0.29) is 5.82 Å². The van der Waals surface area contributed by atoms with Crippen LogP contribution >= 0.6 is 11.3 Å². The van der Waals surface area contributed by atoms with Crippen LogP contribution in [0.5, 0.6) is 0 Å². The van der Waals surface area contributed by atoms with Gasteiger partial charge in [-0.15, -0.1) is 11.3 Å². The van der Waals surface area contributed by atoms with Crippen LogP contribution < -0.4 is 11.1 Å². The molecule has 7 nitrogen and oxygen atoms in total. The maximum absolute atomic E-state index is 13.7. The van der Waals surface area contributed by atoms with E-state index >= 15 is 0 Å². The van der Waals surface area contributed by atoms with Gasteiger partial charge in [0.15, 0.2) is 5.82 Å². The Labute approximate surface area is 173 Å². The van der Waals surface area contributed by atoms with Gasteiger partial charge in [-0.2, -0.15) is 0 Å². The molecule has 1 amide bonds. The number of aromatic nitrogens is 4. The van der Waals surface area contributed by atoms with Crippen LogP contribution in [-0.2, 0) is 0 Å². The van der Waals surface area contributed by atoms with E-state index in [1.165, 1.54) is 29.8 Å². The number of thiazole rings is 1. The highest BCUT2D eigenvalue weighted by molar-refractivity contribution is 7.15. The Morgan fingerprint density at radius 1 is 1.03 bits per heavy atom. The molecule has 3 heterocycles. The topological polar surface area (TPSA) is 107 Å². The first-order valence-corrected chi connectivity index (χ1v) is 9.51. The first kappa shape index (κ1) is 19.5. The van der Waals surface area contributed by atoms with Crippen LogP contribution in [0.15, 0.2) is 48.9 Å². The molecule has 0 aliphatic heterocycles. The Hall–Kier alpha value is -3.79. The van der Waals surface area contributed by atoms with E-state index in [1.54, 1.807) is 12.3 Å². The number of benzene rings is 1. The first-order chi connectivity index (χ1) is 14.4. The van der Waals surface area contributed by atoms with Gasteiger partial charge in [-0.1, -0.05) is 6.07 Å². The molecular formula is C20H14F2N6OS. The predicted molar refractivity (Wildman–Crippen MR) is 110 cm³/mol. The molecule has 0 saturated heterocycles. The molecule has 0 radical (unpaired) electrons. The van der Waals surface area contributed by atoms with Crippen molar-refractivity contribution in [3.05, 3.63) is 71.0 Å². The number of hydrogen-bond acceptors (Lipinski definition) is 7. The molecule has 0 bridgehead atoms. The van der Waals surface area contributed by atoms with Crippen molar-refractivity contribution in [2.45, 2.75) is 6.92 Å². The molecule has 0 fully saturated rings. The molecular weight excluding hydrogens is 410 g/mol. The maximum Gasteiger partial charge on any atom is 0.262 e. The zero-order valence-electron chi connectivity index (χ0n) is 15.6. The zero-order valence-corrected chi connectivity index (χ0v) is 16.4. The second-order valence-electron chi connectivity index (χ2n) is 6.23. The van der Waals surface area contributed by atoms with E-state index in [4.69, 9.17) is 5.73 Å². The highest BCUT2D eigenvalue weighted by Gasteiger charge is 2.18. The fraction of sp³-hybridized carbons (Fsp3) is 0.0500. The van der Waals surface area contributed by atoms with Crippen molar-refractivity contribution in [3.8, 4) is 22.0 Å². The number of carbonyl (C=O) groups is 1. The molecule has 0 spiro atoms. The highest BCUT2D eigenvalue weighted by Crippen LogP contribution is 2.32. The summed E-state index contributed by atoms with van der Waals surface area (Å²) >= 11 is 1.47. The second kappa shape index (κ2) is 7.91. The second-order valence-corrected chi connectivity index (χ2v) is 7.44. The molecule has 150 valence electrons. The van der Waals surface area contributed by atoms with Crippen molar-refractivity contribution in [1.29, 1.82) is 0 Å². The minimum absolute atomic E-state index is 0.0576. The first-order valence-electron chi connectivity index (χ1n) is 8.69. The SMILES string of the molecule is Cc1sc(-c2ccc(N)nc2)nc1-c1cnc(NC(=O)c2c(F)cccc2F)cn1. The van der Waals surface area contributed by atoms with Gasteiger partial charge in [0, 0.05) is 16.6 Å². The highest BCUT2D eigenvalue weighted by atomic mass is 32.1. The lowest BCUT2D eigenvalue weighted by atomic mass is 10.2. The number of amides is 1. The van der Waals surface area contributed by atoms with Crippen molar-refractivity contribution in [2.75, 3.05) is 11.1 Å². The van der Waals surface area contributed by atoms with Gasteiger partial charge < -0.3 is 11.1 Å². The third kappa shape index (κ3) is 3.85. The number of carbonyl (C=O) groups excluding carboxylic acids is 1. The van der Waals surface area contributed by atoms with Crippen molar-refractivity contribution >= 4 is 28.9 Å². The number of nitrogens with two attached hydrogens (primary N) is 1. The lowest BCUT2D eigenvalue weighted by Gasteiger charge is -2.06. The van der Waals surface area contributed by atoms with Gasteiger partial charge in [0.25, 0.3) is 5.91 Å². The number of rotatable bonds is 4. The van der Waals surface area contributed by atoms with Gasteiger partial charge in [-0.05, 0) is 31.2 Å². The van der Waals surface area contributed by atoms with E-state index in [0.717, 1.165) is 27.6 Å². The van der Waals surface area contributed by atoms with Crippen LogP contribution in [0.25, 0.3) is 22.0 Å². The van der Waals surface area contributed by atoms with Crippen molar-refractivity contribution < 1.29 is 13.6 Å². The van der Waals surface area contributed by atoms with Gasteiger partial charge in [-0.25, -0.2) is 28.7 Å². The largest absolute Gasteiger partial charge is 0.384 e. The number of halogens is 2. The number of nitrogen functional groups attached to an aromatic ring is 1. The van der Waals surface area contributed by atoms with Gasteiger partial charge in [0.2, 0.25) is 0 Å².